The van der Waals surface area contributed by atoms with Gasteiger partial charge in [-0.25, -0.2) is 24.3 Å². The fourth-order valence-electron chi connectivity index (χ4n) is 7.56. The Hall–Kier alpha value is -7.07. The smallest absolute Gasteiger partial charge is 0.326 e. The summed E-state index contributed by atoms with van der Waals surface area (Å²) in [6.07, 6.45) is -2.76. The first-order chi connectivity index (χ1) is 33.6. The molecule has 0 saturated heterocycles. The molecule has 0 fully saturated rings. The number of nitrogens with zero attached hydrogens (tertiary/aromatic N) is 3. The number of rotatable bonds is 17. The number of nitrogen functional groups attached to an aromatic ring is 1. The second-order valence-corrected chi connectivity index (χ2v) is 19.5. The van der Waals surface area contributed by atoms with E-state index in [4.69, 9.17) is 31.8 Å². The molecule has 1 aliphatic rings. The molecule has 1 aliphatic heterocycles. The highest BCUT2D eigenvalue weighted by molar-refractivity contribution is 7.87. The first-order valence-corrected chi connectivity index (χ1v) is 23.8. The number of ether oxygens (including phenoxy) is 2. The largest absolute Gasteiger partial charge is 0.504 e. The van der Waals surface area contributed by atoms with Gasteiger partial charge in [-0.2, -0.15) is 13.1 Å². The number of nitrogens with one attached hydrogen (secondary N) is 4. The van der Waals surface area contributed by atoms with Crippen LogP contribution in [0.2, 0.25) is 0 Å². The van der Waals surface area contributed by atoms with Gasteiger partial charge in [-0.1, -0.05) is 39.0 Å². The summed E-state index contributed by atoms with van der Waals surface area (Å²) in [6, 6.07) is 4.16. The predicted molar refractivity (Wildman–Crippen MR) is 259 cm³/mol. The number of fused-ring (bicyclic) bond motifs is 5. The fraction of sp³-hybridized carbons (Fsp3) is 0.413. The average molecular weight is 1030 g/mol. The molecular formula is C46H60FN11O13S. The minimum atomic E-state index is -4.58. The second-order valence-electron chi connectivity index (χ2n) is 18.1. The van der Waals surface area contributed by atoms with Crippen molar-refractivity contribution in [3.05, 3.63) is 82.3 Å². The normalized spacial score (nSPS) is 17.6. The molecule has 390 valence electrons. The van der Waals surface area contributed by atoms with Gasteiger partial charge in [-0.3, -0.25) is 19.2 Å². The van der Waals surface area contributed by atoms with Crippen LogP contribution in [-0.2, 0) is 41.2 Å². The van der Waals surface area contributed by atoms with Crippen LogP contribution in [0, 0.1) is 12.7 Å². The van der Waals surface area contributed by atoms with Crippen LogP contribution in [0.25, 0.3) is 22.5 Å². The first kappa shape index (κ1) is 55.9. The minimum Gasteiger partial charge on any atom is -0.504 e. The number of aliphatic hydroxyl groups is 2. The number of phenols is 1. The number of halogens is 1. The molecule has 4 amide bonds. The van der Waals surface area contributed by atoms with E-state index in [0.717, 1.165) is 18.0 Å². The van der Waals surface area contributed by atoms with E-state index in [9.17, 15) is 52.8 Å². The van der Waals surface area contributed by atoms with Crippen molar-refractivity contribution in [1.82, 2.24) is 35.5 Å². The van der Waals surface area contributed by atoms with Crippen LogP contribution in [-0.4, -0.2) is 144 Å². The SMILES string of the molecule is Cc1nc(-c2ccc(C(C)(C)C)c(F)c2)nc(N)c1C(=O)N[C@@H](CNS(N)(=O)=O)C(=O)N(C)[C@@H]1C(=O)N[C@@H](C)C(=O)N[C@H](C(=O)O)Cc2ccc(OC[C@H](O)CN)c(c2)-c2cc1cc(OC[C@H](O)CN)c2O. The van der Waals surface area contributed by atoms with Crippen LogP contribution in [0.1, 0.15) is 66.5 Å². The lowest BCUT2D eigenvalue weighted by Crippen LogP contribution is -2.57. The van der Waals surface area contributed by atoms with E-state index in [2.05, 4.69) is 25.9 Å². The Morgan fingerprint density at radius 2 is 1.58 bits per heavy atom. The van der Waals surface area contributed by atoms with Crippen molar-refractivity contribution in [2.45, 2.75) is 82.8 Å². The number of aliphatic carboxylic acids is 1. The Labute approximate surface area is 413 Å². The highest BCUT2D eigenvalue weighted by atomic mass is 32.2. The van der Waals surface area contributed by atoms with Crippen LogP contribution < -0.4 is 52.5 Å². The molecule has 24 nitrogen and oxygen atoms in total. The molecule has 4 aromatic rings. The maximum absolute atomic E-state index is 15.2. The summed E-state index contributed by atoms with van der Waals surface area (Å²) in [5.74, 6) is -7.81. The van der Waals surface area contributed by atoms with Crippen molar-refractivity contribution < 1.29 is 66.7 Å². The maximum atomic E-state index is 15.2. The summed E-state index contributed by atoms with van der Waals surface area (Å²) in [4.78, 5) is 79.1. The summed E-state index contributed by atoms with van der Waals surface area (Å²) < 4.78 is 53.4. The molecule has 4 bridgehead atoms. The zero-order chi connectivity index (χ0) is 53.6. The topological polar surface area (TPSA) is 400 Å². The van der Waals surface area contributed by atoms with Crippen molar-refractivity contribution >= 4 is 45.6 Å². The molecule has 0 radical (unpaired) electrons. The van der Waals surface area contributed by atoms with Crippen molar-refractivity contribution in [2.24, 2.45) is 16.6 Å². The first-order valence-electron chi connectivity index (χ1n) is 22.3. The number of nitrogens with two attached hydrogens (primary N) is 4. The Bertz CT molecular complexity index is 2810. The molecule has 0 unspecified atom stereocenters. The molecule has 0 saturated carbocycles. The maximum Gasteiger partial charge on any atom is 0.326 e. The number of carbonyl (C=O) groups is 5. The number of anilines is 1. The van der Waals surface area contributed by atoms with Crippen molar-refractivity contribution in [3.63, 3.8) is 0 Å². The Morgan fingerprint density at radius 1 is 0.944 bits per heavy atom. The fourth-order valence-corrected chi connectivity index (χ4v) is 7.96. The van der Waals surface area contributed by atoms with E-state index < -0.39 is 118 Å². The lowest BCUT2D eigenvalue weighted by Gasteiger charge is -2.33. The number of hydrogen-bond donors (Lipinski definition) is 12. The molecule has 6 atom stereocenters. The van der Waals surface area contributed by atoms with Gasteiger partial charge >= 0.3 is 5.97 Å². The molecule has 5 rings (SSSR count). The van der Waals surface area contributed by atoms with Gasteiger partial charge < -0.3 is 68.0 Å². The van der Waals surface area contributed by atoms with Crippen LogP contribution >= 0.6 is 0 Å². The van der Waals surface area contributed by atoms with Gasteiger partial charge in [-0.05, 0) is 66.3 Å². The number of carbonyl (C=O) groups excluding carboxylic acids is 4. The van der Waals surface area contributed by atoms with Crippen molar-refractivity contribution in [2.75, 3.05) is 45.6 Å². The number of likely N-dealkylation sites (N-methyl/N-ethyl adjacent to an activating group) is 1. The van der Waals surface area contributed by atoms with E-state index in [1.165, 1.54) is 44.2 Å². The molecule has 0 aliphatic carbocycles. The van der Waals surface area contributed by atoms with Crippen molar-refractivity contribution in [1.29, 1.82) is 0 Å². The number of aryl methyl sites for hydroxylation is 1. The Balaban J connectivity index is 1.67. The zero-order valence-electron chi connectivity index (χ0n) is 40.2. The van der Waals surface area contributed by atoms with Gasteiger partial charge in [0.25, 0.3) is 16.1 Å². The number of phenolic OH excluding ortho intramolecular Hbond substituents is 1. The molecule has 16 N–H and O–H groups in total. The monoisotopic (exact) mass is 1030 g/mol. The van der Waals surface area contributed by atoms with E-state index in [-0.39, 0.29) is 76.8 Å². The third-order valence-corrected chi connectivity index (χ3v) is 12.0. The second kappa shape index (κ2) is 23.0. The summed E-state index contributed by atoms with van der Waals surface area (Å²) in [5.41, 5.74) is 17.2. The van der Waals surface area contributed by atoms with Gasteiger partial charge in [0.15, 0.2) is 17.3 Å². The highest BCUT2D eigenvalue weighted by Gasteiger charge is 2.38. The van der Waals surface area contributed by atoms with Gasteiger partial charge in [0, 0.05) is 49.8 Å². The molecule has 2 heterocycles. The van der Waals surface area contributed by atoms with Gasteiger partial charge in [0.05, 0.1) is 5.69 Å². The molecule has 26 heteroatoms. The number of aliphatic hydroxyl groups excluding tert-OH is 2. The van der Waals surface area contributed by atoms with Gasteiger partial charge in [-0.15, -0.1) is 0 Å². The standard InChI is InChI=1S/C46H60FN11O13S/c1-21-36(39(50)57-40(53-21)24-8-9-30(31(47)14-24)46(3,4)5)42(63)56-33(18-52-72(51,68)69)44(65)58(6)37-25-13-29(38(61)35(15-25)71-20-27(60)17-49)28-11-23(7-10-34(28)70-19-26(59)16-48)12-32(45(66)67)55-41(62)22(2)54-43(37)64/h7-11,13-15,22,26-27,32-33,37,52,59-61H,12,16-20,48-49H2,1-6H3,(H,54,64)(H,55,62)(H,56,63)(H,66,67)(H2,50,53,57)(H2,51,68,69)/t22-,26+,27+,32-,33-,37-/m0/s1. The highest BCUT2D eigenvalue weighted by Crippen LogP contribution is 2.45. The predicted octanol–water partition coefficient (Wildman–Crippen LogP) is -1.04. The van der Waals surface area contributed by atoms with E-state index >= 15 is 4.39 Å². The minimum absolute atomic E-state index is 0.0114. The zero-order valence-corrected chi connectivity index (χ0v) is 41.0. The number of benzene rings is 3. The number of hydrogen-bond acceptors (Lipinski definition) is 17. The average Bonchev–Trinajstić information content (AvgIpc) is 3.30. The van der Waals surface area contributed by atoms with Gasteiger partial charge in [0.2, 0.25) is 17.7 Å². The number of carboxylic acid groups (broad SMARTS) is 1. The van der Waals surface area contributed by atoms with Crippen LogP contribution in [0.3, 0.4) is 0 Å². The molecule has 0 spiro atoms. The summed E-state index contributed by atoms with van der Waals surface area (Å²) >= 11 is 0. The third kappa shape index (κ3) is 13.7. The van der Waals surface area contributed by atoms with Crippen LogP contribution in [0.5, 0.6) is 17.2 Å². The van der Waals surface area contributed by atoms with Gasteiger partial charge in [0.1, 0.15) is 72.5 Å². The van der Waals surface area contributed by atoms with Crippen molar-refractivity contribution in [3.8, 4) is 39.8 Å². The Morgan fingerprint density at radius 3 is 2.15 bits per heavy atom. The number of aromatic hydroxyl groups is 1. The summed E-state index contributed by atoms with van der Waals surface area (Å²) in [5, 5.41) is 55.2. The molecule has 3 aromatic carbocycles. The van der Waals surface area contributed by atoms with Crippen LogP contribution in [0.15, 0.2) is 48.5 Å². The Kier molecular flexibility index (Phi) is 17.8. The number of carboxylic acids is 1. The van der Waals surface area contributed by atoms with Crippen LogP contribution in [0.4, 0.5) is 10.2 Å². The van der Waals surface area contributed by atoms with E-state index in [1.54, 1.807) is 12.1 Å². The number of aromatic nitrogens is 2. The number of amides is 4. The van der Waals surface area contributed by atoms with E-state index in [0.29, 0.717) is 5.56 Å². The molecular weight excluding hydrogens is 966 g/mol. The lowest BCUT2D eigenvalue weighted by molar-refractivity contribution is -0.143. The molecule has 72 heavy (non-hydrogen) atoms. The quantitative estimate of drug-likeness (QED) is 0.0601. The van der Waals surface area contributed by atoms with E-state index in [1.807, 2.05) is 25.5 Å². The summed E-state index contributed by atoms with van der Waals surface area (Å²) in [6.45, 7) is 5.83. The third-order valence-electron chi connectivity index (χ3n) is 11.4. The summed E-state index contributed by atoms with van der Waals surface area (Å²) in [7, 11) is -3.49. The molecule has 1 aromatic heterocycles. The lowest BCUT2D eigenvalue weighted by atomic mass is 9.86.